The van der Waals surface area contributed by atoms with Crippen molar-refractivity contribution in [1.82, 2.24) is 10.6 Å². The van der Waals surface area contributed by atoms with Crippen molar-refractivity contribution < 1.29 is 19.4 Å². The highest BCUT2D eigenvalue weighted by Gasteiger charge is 2.16. The lowest BCUT2D eigenvalue weighted by atomic mass is 10.2. The Kier molecular flexibility index (Phi) is 5.68. The highest BCUT2D eigenvalue weighted by atomic mass is 16.3. The van der Waals surface area contributed by atoms with Gasteiger partial charge in [-0.2, -0.15) is 0 Å². The van der Waals surface area contributed by atoms with Gasteiger partial charge in [0.1, 0.15) is 5.76 Å². The van der Waals surface area contributed by atoms with Crippen LogP contribution in [0.15, 0.2) is 22.8 Å². The van der Waals surface area contributed by atoms with E-state index in [0.717, 1.165) is 0 Å². The third-order valence-electron chi connectivity index (χ3n) is 2.34. The third kappa shape index (κ3) is 4.56. The first kappa shape index (κ1) is 13.7. The van der Waals surface area contributed by atoms with Gasteiger partial charge in [-0.3, -0.25) is 10.1 Å². The molecule has 0 fully saturated rings. The fourth-order valence-corrected chi connectivity index (χ4v) is 1.33. The minimum atomic E-state index is -0.491. The van der Waals surface area contributed by atoms with E-state index in [1.54, 1.807) is 19.1 Å². The van der Waals surface area contributed by atoms with Crippen LogP contribution in [0, 0.1) is 0 Å². The molecule has 17 heavy (non-hydrogen) atoms. The molecule has 0 saturated carbocycles. The standard InChI is InChI=1S/C11H18N2O4/c1-8(13-9(6-14)7-15)11(16)12-5-10-3-2-4-17-10/h2-4,8-9,13-15H,5-7H2,1H3,(H,12,16). The van der Waals surface area contributed by atoms with Crippen molar-refractivity contribution in [3.63, 3.8) is 0 Å². The summed E-state index contributed by atoms with van der Waals surface area (Å²) in [7, 11) is 0. The Morgan fingerprint density at radius 2 is 2.18 bits per heavy atom. The molecular formula is C11H18N2O4. The molecule has 0 bridgehead atoms. The topological polar surface area (TPSA) is 94.7 Å². The molecule has 96 valence electrons. The smallest absolute Gasteiger partial charge is 0.237 e. The zero-order valence-electron chi connectivity index (χ0n) is 9.72. The second-order valence-corrected chi connectivity index (χ2v) is 3.75. The van der Waals surface area contributed by atoms with Gasteiger partial charge < -0.3 is 19.9 Å². The summed E-state index contributed by atoms with van der Waals surface area (Å²) in [4.78, 5) is 11.6. The second-order valence-electron chi connectivity index (χ2n) is 3.75. The van der Waals surface area contributed by atoms with Crippen LogP contribution in [0.3, 0.4) is 0 Å². The molecule has 1 heterocycles. The Hall–Kier alpha value is -1.37. The van der Waals surface area contributed by atoms with E-state index >= 15 is 0 Å². The first-order valence-corrected chi connectivity index (χ1v) is 5.45. The van der Waals surface area contributed by atoms with Crippen molar-refractivity contribution in [2.75, 3.05) is 13.2 Å². The number of rotatable bonds is 7. The molecule has 1 aromatic heterocycles. The first-order chi connectivity index (χ1) is 8.17. The number of carbonyl (C=O) groups excluding carboxylic acids is 1. The summed E-state index contributed by atoms with van der Waals surface area (Å²) in [6, 6.07) is 2.54. The molecule has 1 rings (SSSR count). The summed E-state index contributed by atoms with van der Waals surface area (Å²) in [5.74, 6) is 0.458. The molecule has 0 aliphatic carbocycles. The molecule has 0 aromatic carbocycles. The number of carbonyl (C=O) groups is 1. The Labute approximate surface area is 99.6 Å². The lowest BCUT2D eigenvalue weighted by molar-refractivity contribution is -0.123. The number of nitrogens with one attached hydrogen (secondary N) is 2. The fraction of sp³-hybridized carbons (Fsp3) is 0.545. The van der Waals surface area contributed by atoms with E-state index in [1.165, 1.54) is 6.26 Å². The van der Waals surface area contributed by atoms with E-state index in [4.69, 9.17) is 14.6 Å². The van der Waals surface area contributed by atoms with Gasteiger partial charge in [0.05, 0.1) is 38.1 Å². The van der Waals surface area contributed by atoms with Crippen molar-refractivity contribution in [3.05, 3.63) is 24.2 Å². The van der Waals surface area contributed by atoms with Gasteiger partial charge in [-0.05, 0) is 19.1 Å². The number of furan rings is 1. The fourth-order valence-electron chi connectivity index (χ4n) is 1.33. The van der Waals surface area contributed by atoms with Crippen LogP contribution >= 0.6 is 0 Å². The largest absolute Gasteiger partial charge is 0.467 e. The SMILES string of the molecule is CC(NC(CO)CO)C(=O)NCc1ccco1. The van der Waals surface area contributed by atoms with E-state index in [0.29, 0.717) is 12.3 Å². The Morgan fingerprint density at radius 3 is 2.71 bits per heavy atom. The normalized spacial score (nSPS) is 12.7. The van der Waals surface area contributed by atoms with Crippen molar-refractivity contribution in [2.24, 2.45) is 0 Å². The van der Waals surface area contributed by atoms with Gasteiger partial charge in [0, 0.05) is 0 Å². The summed E-state index contributed by atoms with van der Waals surface area (Å²) >= 11 is 0. The van der Waals surface area contributed by atoms with Crippen molar-refractivity contribution in [1.29, 1.82) is 0 Å². The Morgan fingerprint density at radius 1 is 1.47 bits per heavy atom. The maximum atomic E-state index is 11.6. The zero-order valence-corrected chi connectivity index (χ0v) is 9.72. The Balaban J connectivity index is 2.31. The predicted octanol–water partition coefficient (Wildman–Crippen LogP) is -0.773. The van der Waals surface area contributed by atoms with Crippen LogP contribution in [0.4, 0.5) is 0 Å². The molecule has 0 radical (unpaired) electrons. The van der Waals surface area contributed by atoms with Crippen molar-refractivity contribution >= 4 is 5.91 Å². The van der Waals surface area contributed by atoms with Crippen LogP contribution in [0.1, 0.15) is 12.7 Å². The van der Waals surface area contributed by atoms with Crippen LogP contribution in [0.2, 0.25) is 0 Å². The molecule has 0 spiro atoms. The van der Waals surface area contributed by atoms with Crippen molar-refractivity contribution in [3.8, 4) is 0 Å². The molecule has 0 aliphatic rings. The van der Waals surface area contributed by atoms with Crippen LogP contribution in [-0.2, 0) is 11.3 Å². The average Bonchev–Trinajstić information content (AvgIpc) is 2.85. The van der Waals surface area contributed by atoms with E-state index < -0.39 is 12.1 Å². The lowest BCUT2D eigenvalue weighted by Gasteiger charge is -2.19. The summed E-state index contributed by atoms with van der Waals surface area (Å²) in [5, 5.41) is 23.2. The van der Waals surface area contributed by atoms with Gasteiger partial charge in [-0.1, -0.05) is 0 Å². The van der Waals surface area contributed by atoms with Crippen molar-refractivity contribution in [2.45, 2.75) is 25.6 Å². The van der Waals surface area contributed by atoms with Gasteiger partial charge in [-0.15, -0.1) is 0 Å². The minimum absolute atomic E-state index is 0.215. The Bertz CT molecular complexity index is 322. The monoisotopic (exact) mass is 242 g/mol. The molecule has 0 aliphatic heterocycles. The molecule has 6 nitrogen and oxygen atoms in total. The summed E-state index contributed by atoms with van der Waals surface area (Å²) in [5.41, 5.74) is 0. The van der Waals surface area contributed by atoms with Crippen LogP contribution in [0.5, 0.6) is 0 Å². The summed E-state index contributed by atoms with van der Waals surface area (Å²) in [6.07, 6.45) is 1.54. The van der Waals surface area contributed by atoms with E-state index in [2.05, 4.69) is 10.6 Å². The maximum Gasteiger partial charge on any atom is 0.237 e. The summed E-state index contributed by atoms with van der Waals surface area (Å²) in [6.45, 7) is 1.55. The first-order valence-electron chi connectivity index (χ1n) is 5.45. The molecule has 1 atom stereocenters. The number of hydrogen-bond acceptors (Lipinski definition) is 5. The van der Waals surface area contributed by atoms with Gasteiger partial charge >= 0.3 is 0 Å². The van der Waals surface area contributed by atoms with Crippen LogP contribution < -0.4 is 10.6 Å². The second kappa shape index (κ2) is 7.05. The van der Waals surface area contributed by atoms with Gasteiger partial charge in [-0.25, -0.2) is 0 Å². The average molecular weight is 242 g/mol. The molecule has 1 unspecified atom stereocenters. The number of amides is 1. The van der Waals surface area contributed by atoms with Crippen LogP contribution in [-0.4, -0.2) is 41.4 Å². The van der Waals surface area contributed by atoms with Gasteiger partial charge in [0.25, 0.3) is 0 Å². The third-order valence-corrected chi connectivity index (χ3v) is 2.34. The van der Waals surface area contributed by atoms with E-state index in [-0.39, 0.29) is 19.1 Å². The van der Waals surface area contributed by atoms with Crippen LogP contribution in [0.25, 0.3) is 0 Å². The van der Waals surface area contributed by atoms with Gasteiger partial charge in [0.15, 0.2) is 0 Å². The van der Waals surface area contributed by atoms with E-state index in [1.807, 2.05) is 0 Å². The summed E-state index contributed by atoms with van der Waals surface area (Å²) < 4.78 is 5.07. The minimum Gasteiger partial charge on any atom is -0.467 e. The maximum absolute atomic E-state index is 11.6. The number of hydrogen-bond donors (Lipinski definition) is 4. The molecule has 6 heteroatoms. The molecule has 4 N–H and O–H groups in total. The zero-order chi connectivity index (χ0) is 12.7. The highest BCUT2D eigenvalue weighted by Crippen LogP contribution is 1.98. The predicted molar refractivity (Wildman–Crippen MR) is 61.1 cm³/mol. The quantitative estimate of drug-likeness (QED) is 0.503. The number of aliphatic hydroxyl groups excluding tert-OH is 2. The molecular weight excluding hydrogens is 224 g/mol. The highest BCUT2D eigenvalue weighted by molar-refractivity contribution is 5.81. The molecule has 1 amide bonds. The molecule has 1 aromatic rings. The lowest BCUT2D eigenvalue weighted by Crippen LogP contribution is -2.49. The number of aliphatic hydroxyl groups is 2. The van der Waals surface area contributed by atoms with E-state index in [9.17, 15) is 4.79 Å². The molecule has 0 saturated heterocycles. The van der Waals surface area contributed by atoms with Gasteiger partial charge in [0.2, 0.25) is 5.91 Å².